The van der Waals surface area contributed by atoms with Crippen LogP contribution in [-0.4, -0.2) is 33.7 Å². The van der Waals surface area contributed by atoms with Crippen LogP contribution < -0.4 is 16.2 Å². The first-order chi connectivity index (χ1) is 11.2. The maximum Gasteiger partial charge on any atom is 0.280 e. The predicted molar refractivity (Wildman–Crippen MR) is 91.7 cm³/mol. The second-order valence-corrected chi connectivity index (χ2v) is 7.04. The van der Waals surface area contributed by atoms with E-state index in [9.17, 15) is 13.2 Å². The molecule has 0 aromatic heterocycles. The van der Waals surface area contributed by atoms with E-state index < -0.39 is 15.7 Å². The van der Waals surface area contributed by atoms with Crippen molar-refractivity contribution in [3.63, 3.8) is 0 Å². The number of sulfone groups is 1. The van der Waals surface area contributed by atoms with Crippen molar-refractivity contribution in [2.75, 3.05) is 13.4 Å². The van der Waals surface area contributed by atoms with E-state index in [1.165, 1.54) is 12.1 Å². The maximum absolute atomic E-state index is 12.1. The van der Waals surface area contributed by atoms with Crippen molar-refractivity contribution in [2.24, 2.45) is 16.5 Å². The van der Waals surface area contributed by atoms with Gasteiger partial charge in [-0.3, -0.25) is 4.79 Å². The molecule has 7 nitrogen and oxygen atoms in total. The van der Waals surface area contributed by atoms with Gasteiger partial charge in [0.2, 0.25) is 0 Å². The number of nitrogens with zero attached hydrogens (tertiary/aromatic N) is 1. The van der Waals surface area contributed by atoms with Gasteiger partial charge >= 0.3 is 0 Å². The van der Waals surface area contributed by atoms with E-state index in [0.717, 1.165) is 6.26 Å². The fraction of sp³-hybridized carbons (Fsp3) is 0.125. The van der Waals surface area contributed by atoms with Crippen LogP contribution in [0.3, 0.4) is 0 Å². The Morgan fingerprint density at radius 2 is 1.71 bits per heavy atom. The molecule has 0 spiro atoms. The number of aliphatic imine (C=N–C) groups is 1. The van der Waals surface area contributed by atoms with Crippen LogP contribution in [0.1, 0.15) is 10.4 Å². The molecule has 8 heteroatoms. The lowest BCUT2D eigenvalue weighted by Crippen LogP contribution is -2.24. The molecule has 2 aromatic carbocycles. The van der Waals surface area contributed by atoms with Gasteiger partial charge in [0.1, 0.15) is 5.75 Å². The van der Waals surface area contributed by atoms with Crippen LogP contribution in [0.25, 0.3) is 11.1 Å². The van der Waals surface area contributed by atoms with Crippen LogP contribution in [0.5, 0.6) is 5.75 Å². The summed E-state index contributed by atoms with van der Waals surface area (Å²) in [6.07, 6.45) is 1.07. The zero-order valence-electron chi connectivity index (χ0n) is 13.2. The van der Waals surface area contributed by atoms with Crippen molar-refractivity contribution in [2.45, 2.75) is 4.90 Å². The molecule has 2 aromatic rings. The summed E-state index contributed by atoms with van der Waals surface area (Å²) in [5.74, 6) is -0.444. The lowest BCUT2D eigenvalue weighted by molar-refractivity contribution is 0.100. The normalized spacial score (nSPS) is 10.9. The summed E-state index contributed by atoms with van der Waals surface area (Å²) >= 11 is 0. The average molecular weight is 347 g/mol. The van der Waals surface area contributed by atoms with Gasteiger partial charge in [0, 0.05) is 17.4 Å². The van der Waals surface area contributed by atoms with Crippen LogP contribution >= 0.6 is 0 Å². The van der Waals surface area contributed by atoms with Gasteiger partial charge in [-0.2, -0.15) is 4.99 Å². The van der Waals surface area contributed by atoms with Crippen molar-refractivity contribution < 1.29 is 17.9 Å². The minimum Gasteiger partial charge on any atom is -0.497 e. The van der Waals surface area contributed by atoms with Crippen LogP contribution in [0.15, 0.2) is 52.4 Å². The fourth-order valence-electron chi connectivity index (χ4n) is 2.15. The van der Waals surface area contributed by atoms with E-state index in [2.05, 4.69) is 4.99 Å². The number of rotatable bonds is 4. The summed E-state index contributed by atoms with van der Waals surface area (Å²) in [4.78, 5) is 15.3. The first-order valence-electron chi connectivity index (χ1n) is 6.85. The van der Waals surface area contributed by atoms with Crippen LogP contribution in [0.2, 0.25) is 0 Å². The highest BCUT2D eigenvalue weighted by atomic mass is 32.2. The highest BCUT2D eigenvalue weighted by molar-refractivity contribution is 7.90. The molecule has 0 saturated carbocycles. The summed E-state index contributed by atoms with van der Waals surface area (Å²) in [6, 6.07) is 11.2. The monoisotopic (exact) mass is 347 g/mol. The first-order valence-corrected chi connectivity index (χ1v) is 8.74. The summed E-state index contributed by atoms with van der Waals surface area (Å²) in [6.45, 7) is 0. The van der Waals surface area contributed by atoms with Crippen LogP contribution in [0, 0.1) is 0 Å². The van der Waals surface area contributed by atoms with Gasteiger partial charge in [-0.15, -0.1) is 0 Å². The second kappa shape index (κ2) is 6.71. The average Bonchev–Trinajstić information content (AvgIpc) is 2.53. The number of hydrogen-bond acceptors (Lipinski definition) is 4. The predicted octanol–water partition coefficient (Wildman–Crippen LogP) is 1.18. The zero-order valence-corrected chi connectivity index (χ0v) is 14.0. The Labute approximate surface area is 139 Å². The van der Waals surface area contributed by atoms with E-state index in [4.69, 9.17) is 16.2 Å². The molecule has 0 aliphatic carbocycles. The van der Waals surface area contributed by atoms with Crippen LogP contribution in [0.4, 0.5) is 0 Å². The smallest absolute Gasteiger partial charge is 0.280 e. The minimum atomic E-state index is -3.58. The molecule has 4 N–H and O–H groups in total. The molecule has 0 aliphatic heterocycles. The summed E-state index contributed by atoms with van der Waals surface area (Å²) < 4.78 is 29.3. The van der Waals surface area contributed by atoms with Gasteiger partial charge in [0.15, 0.2) is 15.8 Å². The number of methoxy groups -OCH3 is 1. The first kappa shape index (κ1) is 17.5. The molecule has 2 rings (SSSR count). The third kappa shape index (κ3) is 3.90. The number of carbonyl (C=O) groups excluding carboxylic acids is 1. The molecule has 126 valence electrons. The molecule has 0 atom stereocenters. The number of hydrogen-bond donors (Lipinski definition) is 2. The Kier molecular flexibility index (Phi) is 4.89. The highest BCUT2D eigenvalue weighted by Crippen LogP contribution is 2.30. The Bertz CT molecular complexity index is 899. The number of benzene rings is 2. The molecule has 0 radical (unpaired) electrons. The molecular weight excluding hydrogens is 330 g/mol. The molecule has 1 amide bonds. The fourth-order valence-corrected chi connectivity index (χ4v) is 3.08. The van der Waals surface area contributed by atoms with Crippen molar-refractivity contribution in [3.8, 4) is 16.9 Å². The quantitative estimate of drug-likeness (QED) is 0.632. The Hall–Kier alpha value is -2.87. The Balaban J connectivity index is 2.60. The minimum absolute atomic E-state index is 0.0179. The van der Waals surface area contributed by atoms with E-state index in [0.29, 0.717) is 16.9 Å². The van der Waals surface area contributed by atoms with Crippen molar-refractivity contribution in [3.05, 3.63) is 48.0 Å². The third-order valence-electron chi connectivity index (χ3n) is 3.26. The summed E-state index contributed by atoms with van der Waals surface area (Å²) in [5.41, 5.74) is 11.6. The van der Waals surface area contributed by atoms with Gasteiger partial charge in [-0.25, -0.2) is 8.42 Å². The molecule has 24 heavy (non-hydrogen) atoms. The number of guanidine groups is 1. The van der Waals surface area contributed by atoms with Gasteiger partial charge in [-0.05, 0) is 29.8 Å². The summed E-state index contributed by atoms with van der Waals surface area (Å²) in [7, 11) is -2.03. The van der Waals surface area contributed by atoms with Crippen LogP contribution in [-0.2, 0) is 9.84 Å². The highest BCUT2D eigenvalue weighted by Gasteiger charge is 2.18. The Morgan fingerprint density at radius 3 is 2.21 bits per heavy atom. The molecule has 0 unspecified atom stereocenters. The van der Waals surface area contributed by atoms with E-state index in [1.807, 2.05) is 0 Å². The second-order valence-electron chi connectivity index (χ2n) is 5.05. The topological polar surface area (TPSA) is 125 Å². The number of amides is 1. The third-order valence-corrected chi connectivity index (χ3v) is 4.40. The largest absolute Gasteiger partial charge is 0.497 e. The maximum atomic E-state index is 12.1. The van der Waals surface area contributed by atoms with Gasteiger partial charge in [0.05, 0.1) is 12.0 Å². The zero-order chi connectivity index (χ0) is 17.9. The summed E-state index contributed by atoms with van der Waals surface area (Å²) in [5, 5.41) is 0. The molecular formula is C16H17N3O4S. The van der Waals surface area contributed by atoms with Crippen molar-refractivity contribution in [1.29, 1.82) is 0 Å². The SMILES string of the molecule is COc1ccc(-c2ccc(C(=O)N=C(N)N)cc2S(C)(=O)=O)cc1. The molecule has 0 aliphatic rings. The molecule has 0 heterocycles. The number of nitrogens with two attached hydrogens (primary N) is 2. The molecule has 0 fully saturated rings. The van der Waals surface area contributed by atoms with Gasteiger partial charge < -0.3 is 16.2 Å². The molecule has 0 bridgehead atoms. The molecule has 0 saturated heterocycles. The van der Waals surface area contributed by atoms with Gasteiger partial charge in [-0.1, -0.05) is 18.2 Å². The number of ether oxygens (including phenoxy) is 1. The van der Waals surface area contributed by atoms with Crippen molar-refractivity contribution in [1.82, 2.24) is 0 Å². The Morgan fingerprint density at radius 1 is 1.08 bits per heavy atom. The lowest BCUT2D eigenvalue weighted by atomic mass is 10.0. The van der Waals surface area contributed by atoms with E-state index in [-0.39, 0.29) is 16.4 Å². The van der Waals surface area contributed by atoms with E-state index >= 15 is 0 Å². The number of carbonyl (C=O) groups is 1. The van der Waals surface area contributed by atoms with Crippen molar-refractivity contribution >= 4 is 21.7 Å². The standard InChI is InChI=1S/C16H17N3O4S/c1-23-12-6-3-10(4-7-12)13-8-5-11(15(20)19-16(17)18)9-14(13)24(2,21)22/h3-9H,1-2H3,(H4,17,18,19,20). The lowest BCUT2D eigenvalue weighted by Gasteiger charge is -2.10. The van der Waals surface area contributed by atoms with E-state index in [1.54, 1.807) is 37.4 Å². The van der Waals surface area contributed by atoms with Gasteiger partial charge in [0.25, 0.3) is 5.91 Å².